The molecule has 1 amide bonds. The van der Waals surface area contributed by atoms with Crippen molar-refractivity contribution in [2.75, 3.05) is 13.2 Å². The Labute approximate surface area is 149 Å². The minimum atomic E-state index is 0.0127. The zero-order valence-corrected chi connectivity index (χ0v) is 14.5. The molecule has 4 atom stereocenters. The van der Waals surface area contributed by atoms with Gasteiger partial charge in [0.1, 0.15) is 6.10 Å². The second-order valence-corrected chi connectivity index (χ2v) is 7.20. The van der Waals surface area contributed by atoms with Crippen LogP contribution in [0, 0.1) is 5.92 Å². The minimum Gasteiger partial charge on any atom is -0.372 e. The lowest BCUT2D eigenvalue weighted by molar-refractivity contribution is -0.156. The van der Waals surface area contributed by atoms with Gasteiger partial charge in [-0.1, -0.05) is 12.2 Å². The first-order valence-electron chi connectivity index (χ1n) is 9.40. The first-order chi connectivity index (χ1) is 12.3. The molecule has 1 saturated carbocycles. The van der Waals surface area contributed by atoms with Crippen LogP contribution in [-0.4, -0.2) is 47.2 Å². The molecule has 1 aliphatic heterocycles. The van der Waals surface area contributed by atoms with Gasteiger partial charge in [-0.05, 0) is 49.8 Å². The highest BCUT2D eigenvalue weighted by molar-refractivity contribution is 5.79. The third kappa shape index (κ3) is 3.62. The first kappa shape index (κ1) is 16.7. The molecular formula is C20H26N2O3. The summed E-state index contributed by atoms with van der Waals surface area (Å²) in [6, 6.07) is 4.12. The summed E-state index contributed by atoms with van der Waals surface area (Å²) in [4.78, 5) is 19.1. The fourth-order valence-corrected chi connectivity index (χ4v) is 4.30. The van der Waals surface area contributed by atoms with Gasteiger partial charge in [-0.15, -0.1) is 0 Å². The number of hydrogen-bond acceptors (Lipinski definition) is 4. The molecule has 1 aromatic rings. The molecule has 5 heteroatoms. The Hall–Kier alpha value is -1.72. The van der Waals surface area contributed by atoms with Crippen LogP contribution < -0.4 is 0 Å². The van der Waals surface area contributed by atoms with E-state index in [1.807, 2.05) is 12.1 Å². The Balaban J connectivity index is 1.38. The van der Waals surface area contributed by atoms with Crippen LogP contribution in [0.25, 0.3) is 0 Å². The Morgan fingerprint density at radius 1 is 1.24 bits per heavy atom. The fourth-order valence-electron chi connectivity index (χ4n) is 4.30. The van der Waals surface area contributed by atoms with E-state index in [0.717, 1.165) is 44.2 Å². The van der Waals surface area contributed by atoms with Gasteiger partial charge >= 0.3 is 0 Å². The summed E-state index contributed by atoms with van der Waals surface area (Å²) >= 11 is 0. The molecule has 2 aliphatic carbocycles. The van der Waals surface area contributed by atoms with E-state index in [-0.39, 0.29) is 24.2 Å². The van der Waals surface area contributed by atoms with Crippen LogP contribution in [0.1, 0.15) is 37.7 Å². The van der Waals surface area contributed by atoms with Crippen molar-refractivity contribution in [3.8, 4) is 0 Å². The molecule has 4 rings (SSSR count). The van der Waals surface area contributed by atoms with Crippen LogP contribution >= 0.6 is 0 Å². The lowest BCUT2D eigenvalue weighted by Gasteiger charge is -2.40. The highest BCUT2D eigenvalue weighted by Crippen LogP contribution is 2.34. The molecule has 0 radical (unpaired) electrons. The molecule has 0 N–H and O–H groups in total. The van der Waals surface area contributed by atoms with E-state index in [1.165, 1.54) is 0 Å². The molecule has 1 aromatic heterocycles. The molecular weight excluding hydrogens is 316 g/mol. The standard InChI is InChI=1S/C20H26N2O3/c23-20(16-4-2-1-3-5-16)22-12-13-24-19-17(22)6-7-18(19)25-14-15-8-10-21-11-9-15/h1-2,8-11,16-19H,3-7,12-14H2/t16?,17-,18-,19+/m0/s1. The Morgan fingerprint density at radius 2 is 2.12 bits per heavy atom. The Morgan fingerprint density at radius 3 is 2.92 bits per heavy atom. The molecule has 134 valence electrons. The molecule has 5 nitrogen and oxygen atoms in total. The number of pyridine rings is 1. The minimum absolute atomic E-state index is 0.0127. The number of morpholine rings is 1. The summed E-state index contributed by atoms with van der Waals surface area (Å²) in [6.07, 6.45) is 12.8. The molecule has 0 spiro atoms. The summed E-state index contributed by atoms with van der Waals surface area (Å²) in [6.45, 7) is 1.91. The smallest absolute Gasteiger partial charge is 0.226 e. The van der Waals surface area contributed by atoms with E-state index < -0.39 is 0 Å². The second-order valence-electron chi connectivity index (χ2n) is 7.20. The number of hydrogen-bond donors (Lipinski definition) is 0. The zero-order valence-electron chi connectivity index (χ0n) is 14.5. The molecule has 1 saturated heterocycles. The summed E-state index contributed by atoms with van der Waals surface area (Å²) in [5.74, 6) is 0.470. The molecule has 1 unspecified atom stereocenters. The predicted octanol–water partition coefficient (Wildman–Crippen LogP) is 2.71. The molecule has 3 aliphatic rings. The molecule has 0 bridgehead atoms. The number of fused-ring (bicyclic) bond motifs is 1. The number of nitrogens with zero attached hydrogens (tertiary/aromatic N) is 2. The predicted molar refractivity (Wildman–Crippen MR) is 93.8 cm³/mol. The van der Waals surface area contributed by atoms with Crippen LogP contribution in [0.15, 0.2) is 36.7 Å². The molecule has 0 aromatic carbocycles. The first-order valence-corrected chi connectivity index (χ1v) is 9.40. The van der Waals surface area contributed by atoms with Gasteiger partial charge in [0, 0.05) is 24.9 Å². The van der Waals surface area contributed by atoms with Crippen molar-refractivity contribution in [2.24, 2.45) is 5.92 Å². The highest BCUT2D eigenvalue weighted by atomic mass is 16.5. The number of carbonyl (C=O) groups is 1. The third-order valence-corrected chi connectivity index (χ3v) is 5.65. The van der Waals surface area contributed by atoms with Crippen molar-refractivity contribution in [3.63, 3.8) is 0 Å². The van der Waals surface area contributed by atoms with E-state index in [0.29, 0.717) is 19.1 Å². The van der Waals surface area contributed by atoms with E-state index in [9.17, 15) is 4.79 Å². The van der Waals surface area contributed by atoms with Crippen molar-refractivity contribution < 1.29 is 14.3 Å². The van der Waals surface area contributed by atoms with Crippen LogP contribution in [0.5, 0.6) is 0 Å². The maximum Gasteiger partial charge on any atom is 0.226 e. The Kier molecular flexibility index (Phi) is 5.13. The second kappa shape index (κ2) is 7.67. The maximum atomic E-state index is 13.0. The topological polar surface area (TPSA) is 51.7 Å². The number of rotatable bonds is 4. The van der Waals surface area contributed by atoms with Crippen LogP contribution in [0.2, 0.25) is 0 Å². The fraction of sp³-hybridized carbons (Fsp3) is 0.600. The van der Waals surface area contributed by atoms with Crippen molar-refractivity contribution in [3.05, 3.63) is 42.2 Å². The van der Waals surface area contributed by atoms with Gasteiger partial charge < -0.3 is 14.4 Å². The molecule has 2 heterocycles. The summed E-state index contributed by atoms with van der Waals surface area (Å²) in [5.41, 5.74) is 1.12. The van der Waals surface area contributed by atoms with Crippen molar-refractivity contribution >= 4 is 5.91 Å². The van der Waals surface area contributed by atoms with Crippen molar-refractivity contribution in [2.45, 2.75) is 57.0 Å². The van der Waals surface area contributed by atoms with Crippen LogP contribution in [-0.2, 0) is 20.9 Å². The number of amides is 1. The van der Waals surface area contributed by atoms with Gasteiger partial charge in [0.05, 0.1) is 25.4 Å². The summed E-state index contributed by atoms with van der Waals surface area (Å²) < 4.78 is 12.2. The zero-order chi connectivity index (χ0) is 17.1. The average molecular weight is 342 g/mol. The largest absolute Gasteiger partial charge is 0.372 e. The average Bonchev–Trinajstić information content (AvgIpc) is 3.10. The van der Waals surface area contributed by atoms with Crippen LogP contribution in [0.4, 0.5) is 0 Å². The number of aromatic nitrogens is 1. The van der Waals surface area contributed by atoms with Gasteiger partial charge in [0.15, 0.2) is 0 Å². The van der Waals surface area contributed by atoms with Gasteiger partial charge in [-0.3, -0.25) is 9.78 Å². The van der Waals surface area contributed by atoms with E-state index in [1.54, 1.807) is 12.4 Å². The normalized spacial score (nSPS) is 31.8. The van der Waals surface area contributed by atoms with Crippen molar-refractivity contribution in [1.29, 1.82) is 0 Å². The Bertz CT molecular complexity index is 619. The SMILES string of the molecule is O=C(C1CC=CCC1)N1CCO[C@H]2[C@@H](OCc3ccncc3)CC[C@@H]21. The molecule has 2 fully saturated rings. The maximum absolute atomic E-state index is 13.0. The summed E-state index contributed by atoms with van der Waals surface area (Å²) in [5, 5.41) is 0. The van der Waals surface area contributed by atoms with E-state index in [4.69, 9.17) is 9.47 Å². The van der Waals surface area contributed by atoms with Crippen LogP contribution in [0.3, 0.4) is 0 Å². The monoisotopic (exact) mass is 342 g/mol. The number of allylic oxidation sites excluding steroid dienone is 2. The van der Waals surface area contributed by atoms with Gasteiger partial charge in [0.2, 0.25) is 5.91 Å². The quantitative estimate of drug-likeness (QED) is 0.790. The number of carbonyl (C=O) groups excluding carboxylic acids is 1. The highest BCUT2D eigenvalue weighted by Gasteiger charge is 2.45. The van der Waals surface area contributed by atoms with E-state index >= 15 is 0 Å². The lowest BCUT2D eigenvalue weighted by Crippen LogP contribution is -2.55. The van der Waals surface area contributed by atoms with E-state index in [2.05, 4.69) is 22.0 Å². The van der Waals surface area contributed by atoms with Gasteiger partial charge in [-0.25, -0.2) is 0 Å². The van der Waals surface area contributed by atoms with Crippen molar-refractivity contribution in [1.82, 2.24) is 9.88 Å². The summed E-state index contributed by atoms with van der Waals surface area (Å²) in [7, 11) is 0. The van der Waals surface area contributed by atoms with Gasteiger partial charge in [-0.2, -0.15) is 0 Å². The number of ether oxygens (including phenoxy) is 2. The van der Waals surface area contributed by atoms with Gasteiger partial charge in [0.25, 0.3) is 0 Å². The lowest BCUT2D eigenvalue weighted by atomic mass is 9.92. The third-order valence-electron chi connectivity index (χ3n) is 5.65. The molecule has 25 heavy (non-hydrogen) atoms.